The van der Waals surface area contributed by atoms with Gasteiger partial charge >= 0.3 is 11.9 Å². The number of ether oxygens (including phenoxy) is 1. The quantitative estimate of drug-likeness (QED) is 0.263. The number of aliphatic carboxylic acids is 1. The second kappa shape index (κ2) is 10.4. The third-order valence-electron chi connectivity index (χ3n) is 7.85. The lowest BCUT2D eigenvalue weighted by molar-refractivity contribution is -0.167. The number of aryl methyl sites for hydroxylation is 1. The molecule has 2 N–H and O–H groups in total. The largest absolute Gasteiger partial charge is 0.477 e. The minimum atomic E-state index is -3.67. The topological polar surface area (TPSA) is 156 Å². The van der Waals surface area contributed by atoms with Crippen molar-refractivity contribution in [1.29, 1.82) is 0 Å². The molecule has 13 heteroatoms. The number of esters is 1. The summed E-state index contributed by atoms with van der Waals surface area (Å²) in [5.41, 5.74) is 0.139. The lowest BCUT2D eigenvalue weighted by atomic mass is 9.67. The highest BCUT2D eigenvalue weighted by molar-refractivity contribution is 7.91. The van der Waals surface area contributed by atoms with E-state index in [0.29, 0.717) is 10.4 Å². The van der Waals surface area contributed by atoms with Crippen LogP contribution in [0.4, 0.5) is 0 Å². The maximum atomic E-state index is 13.1. The number of aromatic nitrogens is 2. The zero-order chi connectivity index (χ0) is 29.9. The first kappa shape index (κ1) is 29.0. The van der Waals surface area contributed by atoms with Gasteiger partial charge in [0.25, 0.3) is 0 Å². The van der Waals surface area contributed by atoms with E-state index in [1.165, 1.54) is 17.7 Å². The molecule has 5 rings (SSSR count). The van der Waals surface area contributed by atoms with E-state index in [4.69, 9.17) is 4.74 Å². The number of carboxylic acids is 1. The molecule has 0 bridgehead atoms. The number of aliphatic hydroxyl groups excluding tert-OH is 1. The Kier molecular flexibility index (Phi) is 7.33. The van der Waals surface area contributed by atoms with Gasteiger partial charge in [-0.3, -0.25) is 9.20 Å². The van der Waals surface area contributed by atoms with Crippen molar-refractivity contribution in [2.24, 2.45) is 11.3 Å². The molecule has 41 heavy (non-hydrogen) atoms. The van der Waals surface area contributed by atoms with Crippen LogP contribution in [-0.2, 0) is 30.6 Å². The molecule has 218 valence electrons. The number of carboxylic acid groups (broad SMARTS) is 1. The van der Waals surface area contributed by atoms with Crippen LogP contribution in [0.5, 0.6) is 0 Å². The van der Waals surface area contributed by atoms with Crippen LogP contribution in [0.25, 0.3) is 10.4 Å². The van der Waals surface area contributed by atoms with Crippen molar-refractivity contribution in [3.8, 4) is 0 Å². The summed E-state index contributed by atoms with van der Waals surface area (Å²) >= 11 is 1.02. The van der Waals surface area contributed by atoms with Crippen molar-refractivity contribution in [3.63, 3.8) is 0 Å². The third kappa shape index (κ3) is 4.75. The Morgan fingerprint density at radius 2 is 1.93 bits per heavy atom. The van der Waals surface area contributed by atoms with Crippen molar-refractivity contribution in [3.05, 3.63) is 58.5 Å². The van der Waals surface area contributed by atoms with Gasteiger partial charge in [0.05, 0.1) is 33.9 Å². The van der Waals surface area contributed by atoms with E-state index in [1.54, 1.807) is 25.3 Å². The van der Waals surface area contributed by atoms with Crippen LogP contribution >= 0.6 is 11.3 Å². The zero-order valence-electron chi connectivity index (χ0n) is 23.0. The number of unbranched alkanes of at least 4 members (excludes halogenated alkanes) is 1. The first-order chi connectivity index (χ1) is 19.3. The maximum Gasteiger partial charge on any atom is 0.352 e. The molecule has 11 nitrogen and oxygen atoms in total. The lowest BCUT2D eigenvalue weighted by Crippen LogP contribution is -2.66. The summed E-state index contributed by atoms with van der Waals surface area (Å²) in [6.07, 6.45) is 5.81. The highest BCUT2D eigenvalue weighted by Gasteiger charge is 2.67. The summed E-state index contributed by atoms with van der Waals surface area (Å²) in [4.78, 5) is 44.6. The normalized spacial score (nSPS) is 23.0. The van der Waals surface area contributed by atoms with Gasteiger partial charge in [-0.05, 0) is 37.5 Å². The van der Waals surface area contributed by atoms with Crippen LogP contribution in [0.15, 0.2) is 47.5 Å². The van der Waals surface area contributed by atoms with Crippen LogP contribution in [0.1, 0.15) is 54.4 Å². The van der Waals surface area contributed by atoms with Crippen LogP contribution in [0.3, 0.4) is 0 Å². The number of thiazole rings is 1. The monoisotopic (exact) mass is 601 g/mol. The highest BCUT2D eigenvalue weighted by Crippen LogP contribution is 2.58. The van der Waals surface area contributed by atoms with E-state index >= 15 is 0 Å². The molecule has 1 amide bonds. The summed E-state index contributed by atoms with van der Waals surface area (Å²) in [5.74, 6) is -3.42. The number of carbonyl (C=O) groups excluding carboxylic acids is 2. The fourth-order valence-electron chi connectivity index (χ4n) is 5.85. The molecule has 2 aliphatic rings. The molecular formula is C28H31N3O8S2. The molecule has 4 heterocycles. The molecule has 1 fully saturated rings. The Morgan fingerprint density at radius 3 is 2.51 bits per heavy atom. The summed E-state index contributed by atoms with van der Waals surface area (Å²) in [7, 11) is -3.67. The number of hydrogen-bond donors (Lipinski definition) is 2. The average molecular weight is 602 g/mol. The molecule has 2 aromatic heterocycles. The van der Waals surface area contributed by atoms with Gasteiger partial charge in [-0.25, -0.2) is 23.0 Å². The third-order valence-corrected chi connectivity index (χ3v) is 10.1. The second-order valence-corrected chi connectivity index (χ2v) is 13.8. The Morgan fingerprint density at radius 1 is 1.24 bits per heavy atom. The molecule has 0 saturated carbocycles. The standard InChI is InChI=1S/C28H31N3O8S2/c1-5-6-7-16-8-10-17(11-9-16)27(36)39-13-28(3)20(18-12-30-14-29-23(25(30)40-18)41(4,37)38)21(26(34)35)31-22(28)19(15(2)32)24(31)33/h8-12,14-15,19,22,32H,5-7,13H2,1-4H3,(H,34,35)/t15-,19-,22-,28+/m1/s1. The van der Waals surface area contributed by atoms with Crippen LogP contribution in [0.2, 0.25) is 0 Å². The number of benzene rings is 1. The number of rotatable bonds is 10. The molecule has 3 aromatic rings. The Bertz CT molecular complexity index is 1690. The van der Waals surface area contributed by atoms with Gasteiger partial charge in [0, 0.05) is 18.0 Å². The molecule has 0 spiro atoms. The summed E-state index contributed by atoms with van der Waals surface area (Å²) in [6.45, 7) is 4.98. The number of β-lactam (4-membered cyclic amide) rings is 1. The highest BCUT2D eigenvalue weighted by atomic mass is 32.2. The average Bonchev–Trinajstić information content (AvgIpc) is 3.54. The number of hydrogen-bond acceptors (Lipinski definition) is 9. The molecule has 1 saturated heterocycles. The second-order valence-electron chi connectivity index (χ2n) is 10.9. The lowest BCUT2D eigenvalue weighted by Gasteiger charge is -2.50. The first-order valence-corrected chi connectivity index (χ1v) is 15.9. The molecule has 2 aliphatic heterocycles. The number of amides is 1. The van der Waals surface area contributed by atoms with Gasteiger partial charge in [0.2, 0.25) is 5.91 Å². The molecule has 4 atom stereocenters. The molecule has 0 unspecified atom stereocenters. The summed E-state index contributed by atoms with van der Waals surface area (Å²) in [5, 5.41) is 20.6. The zero-order valence-corrected chi connectivity index (χ0v) is 24.7. The van der Waals surface area contributed by atoms with Gasteiger partial charge in [0.1, 0.15) is 23.5 Å². The molecule has 0 aliphatic carbocycles. The van der Waals surface area contributed by atoms with Gasteiger partial charge in [-0.1, -0.05) is 32.4 Å². The predicted octanol–water partition coefficient (Wildman–Crippen LogP) is 3.02. The Balaban J connectivity index is 1.55. The fraction of sp³-hybridized carbons (Fsp3) is 0.429. The number of sulfone groups is 1. The number of aliphatic hydroxyl groups is 1. The van der Waals surface area contributed by atoms with E-state index < -0.39 is 51.2 Å². The first-order valence-electron chi connectivity index (χ1n) is 13.2. The molecular weight excluding hydrogens is 570 g/mol. The number of carbonyl (C=O) groups is 3. The van der Waals surface area contributed by atoms with E-state index in [-0.39, 0.29) is 27.7 Å². The molecule has 1 aromatic carbocycles. The Hall–Kier alpha value is -3.55. The number of imidazole rings is 1. The van der Waals surface area contributed by atoms with Crippen molar-refractivity contribution < 1.29 is 37.8 Å². The van der Waals surface area contributed by atoms with Gasteiger partial charge in [-0.15, -0.1) is 11.3 Å². The minimum absolute atomic E-state index is 0.152. The summed E-state index contributed by atoms with van der Waals surface area (Å²) in [6, 6.07) is 6.31. The SMILES string of the molecule is CCCCc1ccc(C(=O)OC[C@@]2(C)C(c3cn4cnc(S(C)(=O)=O)c4s3)=C(C(=O)O)N3C(=O)[C@H]([C@@H](C)O)[C@@H]32)cc1. The van der Waals surface area contributed by atoms with Crippen LogP contribution in [-0.4, -0.2) is 75.8 Å². The number of nitrogens with zero attached hydrogens (tertiary/aromatic N) is 3. The summed E-state index contributed by atoms with van der Waals surface area (Å²) < 4.78 is 31.8. The molecule has 0 radical (unpaired) electrons. The van der Waals surface area contributed by atoms with Crippen molar-refractivity contribution in [2.75, 3.05) is 12.9 Å². The fourth-order valence-corrected chi connectivity index (χ4v) is 8.24. The van der Waals surface area contributed by atoms with E-state index in [9.17, 15) is 33.0 Å². The number of fused-ring (bicyclic) bond motifs is 2. The van der Waals surface area contributed by atoms with Gasteiger partial charge < -0.3 is 19.8 Å². The van der Waals surface area contributed by atoms with Crippen LogP contribution < -0.4 is 0 Å². The van der Waals surface area contributed by atoms with E-state index in [2.05, 4.69) is 11.9 Å². The Labute approximate surface area is 241 Å². The van der Waals surface area contributed by atoms with Crippen molar-refractivity contribution in [2.45, 2.75) is 57.2 Å². The van der Waals surface area contributed by atoms with E-state index in [1.807, 2.05) is 12.1 Å². The van der Waals surface area contributed by atoms with E-state index in [0.717, 1.165) is 47.3 Å². The maximum absolute atomic E-state index is 13.1. The van der Waals surface area contributed by atoms with Crippen molar-refractivity contribution >= 4 is 49.4 Å². The minimum Gasteiger partial charge on any atom is -0.477 e. The van der Waals surface area contributed by atoms with Gasteiger partial charge in [0.15, 0.2) is 14.9 Å². The smallest absolute Gasteiger partial charge is 0.352 e. The van der Waals surface area contributed by atoms with Crippen molar-refractivity contribution in [1.82, 2.24) is 14.3 Å². The van der Waals surface area contributed by atoms with Gasteiger partial charge in [-0.2, -0.15) is 0 Å². The predicted molar refractivity (Wildman–Crippen MR) is 150 cm³/mol. The van der Waals surface area contributed by atoms with Crippen LogP contribution in [0, 0.1) is 11.3 Å².